The Morgan fingerprint density at radius 3 is 1.33 bits per heavy atom. The molecule has 5 aromatic carbocycles. The maximum atomic E-state index is 3.29. The Hall–Kier alpha value is -2.44. The van der Waals surface area contributed by atoms with Crippen molar-refractivity contribution in [2.24, 2.45) is 5.92 Å². The average molecular weight is 713 g/mol. The Balaban J connectivity index is 0.000000254. The van der Waals surface area contributed by atoms with E-state index in [1.807, 2.05) is 0 Å². The molecule has 0 aliphatic heterocycles. The zero-order chi connectivity index (χ0) is 31.4. The van der Waals surface area contributed by atoms with E-state index in [-0.39, 0.29) is 35.6 Å². The Labute approximate surface area is 299 Å². The summed E-state index contributed by atoms with van der Waals surface area (Å²) in [7, 11) is 0. The number of halogens is 2. The summed E-state index contributed by atoms with van der Waals surface area (Å²) >= 11 is 1.46. The Morgan fingerprint density at radius 2 is 1.04 bits per heavy atom. The molecule has 1 aliphatic rings. The molecule has 5 aromatic rings. The van der Waals surface area contributed by atoms with Crippen molar-refractivity contribution in [1.82, 2.24) is 0 Å². The molecule has 0 nitrogen and oxygen atoms in total. The fourth-order valence-electron chi connectivity index (χ4n) is 5.33. The van der Waals surface area contributed by atoms with Gasteiger partial charge in [-0.25, -0.2) is 11.1 Å². The van der Waals surface area contributed by atoms with Gasteiger partial charge in [0, 0.05) is 0 Å². The van der Waals surface area contributed by atoms with Crippen LogP contribution in [0.4, 0.5) is 0 Å². The van der Waals surface area contributed by atoms with Gasteiger partial charge in [-0.15, -0.1) is 46.7 Å². The van der Waals surface area contributed by atoms with E-state index in [2.05, 4.69) is 178 Å². The molecule has 1 aliphatic carbocycles. The second-order valence-corrected chi connectivity index (χ2v) is 15.0. The second-order valence-electron chi connectivity index (χ2n) is 13.8. The summed E-state index contributed by atoms with van der Waals surface area (Å²) in [5.74, 6) is 0.551. The van der Waals surface area contributed by atoms with Crippen molar-refractivity contribution < 1.29 is 49.0 Å². The van der Waals surface area contributed by atoms with E-state index in [9.17, 15) is 0 Å². The van der Waals surface area contributed by atoms with Crippen molar-refractivity contribution in [2.75, 3.05) is 0 Å². The van der Waals surface area contributed by atoms with Crippen molar-refractivity contribution in [3.63, 3.8) is 0 Å². The van der Waals surface area contributed by atoms with Crippen LogP contribution in [0.5, 0.6) is 0 Å². The molecule has 0 N–H and O–H groups in total. The molecule has 234 valence electrons. The van der Waals surface area contributed by atoms with E-state index >= 15 is 0 Å². The molecule has 0 saturated heterocycles. The third kappa shape index (κ3) is 10.3. The molecule has 3 heteroatoms. The van der Waals surface area contributed by atoms with Crippen LogP contribution < -0.4 is 24.8 Å². The Kier molecular flexibility index (Phi) is 14.1. The van der Waals surface area contributed by atoms with Crippen LogP contribution in [-0.4, -0.2) is 3.21 Å². The number of benzene rings is 4. The first-order valence-corrected chi connectivity index (χ1v) is 16.6. The Bertz CT molecular complexity index is 1630. The minimum absolute atomic E-state index is 0. The normalized spacial score (nSPS) is 14.2. The van der Waals surface area contributed by atoms with Crippen molar-refractivity contribution in [2.45, 2.75) is 73.1 Å². The summed E-state index contributed by atoms with van der Waals surface area (Å²) in [6, 6.07) is 37.3. The van der Waals surface area contributed by atoms with Gasteiger partial charge in [0.1, 0.15) is 0 Å². The van der Waals surface area contributed by atoms with Gasteiger partial charge in [0.05, 0.1) is 0 Å². The van der Waals surface area contributed by atoms with E-state index in [4.69, 9.17) is 0 Å². The molecule has 1 atom stereocenters. The van der Waals surface area contributed by atoms with Crippen LogP contribution in [0.25, 0.3) is 21.5 Å². The van der Waals surface area contributed by atoms with Gasteiger partial charge in [0.15, 0.2) is 0 Å². The van der Waals surface area contributed by atoms with Crippen molar-refractivity contribution >= 4 is 24.8 Å². The molecular weight excluding hydrogens is 667 g/mol. The third-order valence-electron chi connectivity index (χ3n) is 8.10. The summed E-state index contributed by atoms with van der Waals surface area (Å²) < 4.78 is 1.42. The zero-order valence-corrected chi connectivity index (χ0v) is 32.2. The van der Waals surface area contributed by atoms with Gasteiger partial charge in [0.25, 0.3) is 0 Å². The predicted molar refractivity (Wildman–Crippen MR) is 186 cm³/mol. The monoisotopic (exact) mass is 710 g/mol. The molecule has 0 radical (unpaired) electrons. The number of hydrogen-bond donors (Lipinski definition) is 0. The predicted octanol–water partition coefficient (Wildman–Crippen LogP) is 5.45. The second kappa shape index (κ2) is 16.4. The van der Waals surface area contributed by atoms with Gasteiger partial charge in [0.2, 0.25) is 0 Å². The maximum absolute atomic E-state index is 3.29. The molecule has 0 saturated carbocycles. The van der Waals surface area contributed by atoms with Gasteiger partial charge in [-0.3, -0.25) is 6.08 Å². The van der Waals surface area contributed by atoms with Crippen LogP contribution in [-0.2, 0) is 35.1 Å². The molecule has 45 heavy (non-hydrogen) atoms. The van der Waals surface area contributed by atoms with E-state index in [0.717, 1.165) is 0 Å². The van der Waals surface area contributed by atoms with E-state index in [1.165, 1.54) is 82.4 Å². The summed E-state index contributed by atoms with van der Waals surface area (Å²) in [6.07, 6.45) is 5.52. The molecule has 1 unspecified atom stereocenters. The molecule has 0 aromatic heterocycles. The number of hydrogen-bond acceptors (Lipinski definition) is 0. The number of allylic oxidation sites excluding steroid dienone is 4. The van der Waals surface area contributed by atoms with Gasteiger partial charge in [-0.2, -0.15) is 6.08 Å². The molecule has 0 bridgehead atoms. The molecule has 0 heterocycles. The minimum atomic E-state index is 0. The van der Waals surface area contributed by atoms with Gasteiger partial charge in [-0.05, 0) is 10.8 Å². The van der Waals surface area contributed by atoms with Crippen LogP contribution in [0, 0.1) is 12.0 Å². The summed E-state index contributed by atoms with van der Waals surface area (Å²) in [6.45, 7) is 20.0. The van der Waals surface area contributed by atoms with Crippen LogP contribution in [0.15, 0.2) is 120 Å². The molecular formula is C42H46Cl2Zr-2. The van der Waals surface area contributed by atoms with Crippen LogP contribution in [0.2, 0.25) is 0 Å². The van der Waals surface area contributed by atoms with Gasteiger partial charge in [-0.1, -0.05) is 96.7 Å². The van der Waals surface area contributed by atoms with Gasteiger partial charge < -0.3 is 24.8 Å². The first-order valence-electron chi connectivity index (χ1n) is 15.4. The Morgan fingerprint density at radius 1 is 0.644 bits per heavy atom. The standard InChI is InChI=1S/C21H25.C13H10.C8H11.2ClH.Zr/c1-20(2,3)16-7-9-18-14(12-16)11-15-13-17(21(4,5)6)8-10-19(15)18;1-3-7-12(8-4-1)11-13-9-5-2-6-10-13;1-6-4-7(2)8(3)5-6;;;/h7-13H,1-6H3;1-10H;4,6H,1-3H3;2*1H;/q-1;;-1;;;+2/p-2. The van der Waals surface area contributed by atoms with E-state index < -0.39 is 0 Å². The topological polar surface area (TPSA) is 0 Å². The summed E-state index contributed by atoms with van der Waals surface area (Å²) in [5.41, 5.74) is 8.58. The zero-order valence-electron chi connectivity index (χ0n) is 28.2. The fourth-order valence-corrected chi connectivity index (χ4v) is 6.15. The summed E-state index contributed by atoms with van der Waals surface area (Å²) in [5, 5.41) is 5.48. The first kappa shape index (κ1) is 38.7. The summed E-state index contributed by atoms with van der Waals surface area (Å²) in [4.78, 5) is 0. The van der Waals surface area contributed by atoms with Crippen LogP contribution in [0.1, 0.15) is 84.6 Å². The molecule has 0 fully saturated rings. The van der Waals surface area contributed by atoms with Crippen molar-refractivity contribution in [1.29, 1.82) is 0 Å². The van der Waals surface area contributed by atoms with Crippen LogP contribution in [0.3, 0.4) is 0 Å². The molecule has 6 rings (SSSR count). The number of rotatable bonds is 2. The average Bonchev–Trinajstić information content (AvgIpc) is 3.49. The van der Waals surface area contributed by atoms with Crippen molar-refractivity contribution in [3.8, 4) is 0 Å². The quantitative estimate of drug-likeness (QED) is 0.214. The van der Waals surface area contributed by atoms with E-state index in [1.54, 1.807) is 0 Å². The first-order chi connectivity index (χ1) is 20.2. The third-order valence-corrected chi connectivity index (χ3v) is 9.52. The number of fused-ring (bicyclic) bond motifs is 3. The van der Waals surface area contributed by atoms with Crippen molar-refractivity contribution in [3.05, 3.63) is 149 Å². The van der Waals surface area contributed by atoms with Gasteiger partial charge >= 0.3 is 99.2 Å². The molecule has 0 spiro atoms. The fraction of sp³-hybridized carbons (Fsp3) is 0.286. The van der Waals surface area contributed by atoms with Crippen LogP contribution >= 0.6 is 0 Å². The van der Waals surface area contributed by atoms with E-state index in [0.29, 0.717) is 5.92 Å². The molecule has 0 amide bonds. The SMILES string of the molecule is CC(C)(C)c1ccc2c(c1)[cH-]c1cc(C(C)(C)C)ccc12.CC1=[C-]C(C)C=C1C.[Cl-].[Cl-].[Zr+2]=[C](c1ccccc1)c1ccccc1.